The third-order valence-electron chi connectivity index (χ3n) is 4.82. The lowest BCUT2D eigenvalue weighted by Gasteiger charge is -2.29. The van der Waals surface area contributed by atoms with E-state index in [1.807, 2.05) is 0 Å². The van der Waals surface area contributed by atoms with Crippen molar-refractivity contribution in [1.82, 2.24) is 4.98 Å². The molecule has 0 radical (unpaired) electrons. The van der Waals surface area contributed by atoms with Gasteiger partial charge in [0.25, 0.3) is 0 Å². The molecule has 2 unspecified atom stereocenters. The van der Waals surface area contributed by atoms with Gasteiger partial charge in [-0.3, -0.25) is 10.1 Å². The number of pyridine rings is 1. The van der Waals surface area contributed by atoms with Crippen LogP contribution in [0, 0.1) is 21.7 Å². The van der Waals surface area contributed by atoms with Crippen LogP contribution in [0.2, 0.25) is 0 Å². The summed E-state index contributed by atoms with van der Waals surface area (Å²) in [6, 6.07) is 6.05. The Kier molecular flexibility index (Phi) is 5.18. The molecule has 1 saturated heterocycles. The van der Waals surface area contributed by atoms with Gasteiger partial charge in [0, 0.05) is 22.5 Å². The van der Waals surface area contributed by atoms with E-state index in [1.54, 1.807) is 0 Å². The fraction of sp³-hybridized carbons (Fsp3) is 0.421. The van der Waals surface area contributed by atoms with E-state index in [1.165, 1.54) is 32.0 Å². The number of benzene rings is 1. The Hall–Kier alpha value is -2.49. The second-order valence-corrected chi connectivity index (χ2v) is 7.32. The molecule has 1 aliphatic heterocycles. The lowest BCUT2D eigenvalue weighted by atomic mass is 9.87. The van der Waals surface area contributed by atoms with Crippen molar-refractivity contribution in [3.63, 3.8) is 0 Å². The van der Waals surface area contributed by atoms with Crippen LogP contribution in [0.3, 0.4) is 0 Å². The molecule has 150 valence electrons. The summed E-state index contributed by atoms with van der Waals surface area (Å²) >= 11 is 0. The Morgan fingerprint density at radius 2 is 2.00 bits per heavy atom. The third-order valence-corrected chi connectivity index (χ3v) is 4.82. The lowest BCUT2D eigenvalue weighted by Crippen LogP contribution is -2.44. The largest absolute Gasteiger partial charge is 0.389 e. The van der Waals surface area contributed by atoms with Gasteiger partial charge in [0.1, 0.15) is 11.5 Å². The number of halogens is 2. The Labute approximate surface area is 159 Å². The molecule has 1 fully saturated rings. The second kappa shape index (κ2) is 7.16. The molecule has 2 heterocycles. The van der Waals surface area contributed by atoms with Gasteiger partial charge in [0.2, 0.25) is 6.54 Å². The van der Waals surface area contributed by atoms with E-state index in [0.29, 0.717) is 0 Å². The van der Waals surface area contributed by atoms with E-state index >= 15 is 4.39 Å². The van der Waals surface area contributed by atoms with Crippen molar-refractivity contribution < 1.29 is 28.7 Å². The summed E-state index contributed by atoms with van der Waals surface area (Å²) in [4.78, 5) is 14.8. The Balaban J connectivity index is 2.28. The summed E-state index contributed by atoms with van der Waals surface area (Å²) in [5.41, 5.74) is -3.65. The van der Waals surface area contributed by atoms with Crippen LogP contribution in [0.25, 0.3) is 11.3 Å². The molecular formula is C19H20F2N2O5. The Morgan fingerprint density at radius 1 is 1.36 bits per heavy atom. The van der Waals surface area contributed by atoms with Gasteiger partial charge < -0.3 is 14.9 Å². The van der Waals surface area contributed by atoms with Crippen LogP contribution in [-0.4, -0.2) is 39.4 Å². The molecule has 2 atom stereocenters. The van der Waals surface area contributed by atoms with Gasteiger partial charge in [0.05, 0.1) is 24.0 Å². The minimum Gasteiger partial charge on any atom is -0.389 e. The molecule has 3 rings (SSSR count). The summed E-state index contributed by atoms with van der Waals surface area (Å²) in [7, 11) is 0. The van der Waals surface area contributed by atoms with Crippen LogP contribution in [-0.2, 0) is 15.9 Å². The highest BCUT2D eigenvalue weighted by Crippen LogP contribution is 2.40. The summed E-state index contributed by atoms with van der Waals surface area (Å²) in [6.45, 7) is 2.00. The minimum absolute atomic E-state index is 0.0629. The Bertz CT molecular complexity index is 898. The normalized spacial score (nSPS) is 22.4. The maximum absolute atomic E-state index is 15.2. The molecular weight excluding hydrogens is 374 g/mol. The first kappa shape index (κ1) is 20.2. The number of nitrogens with zero attached hydrogens (tertiary/aromatic N) is 2. The number of hydrogen-bond acceptors (Lipinski definition) is 6. The molecule has 0 aliphatic carbocycles. The van der Waals surface area contributed by atoms with Gasteiger partial charge in [-0.15, -0.1) is 0 Å². The van der Waals surface area contributed by atoms with Crippen molar-refractivity contribution in [2.75, 3.05) is 13.2 Å². The molecule has 0 amide bonds. The first-order chi connectivity index (χ1) is 13.0. The zero-order valence-electron chi connectivity index (χ0n) is 15.4. The zero-order valence-corrected chi connectivity index (χ0v) is 15.4. The number of ether oxygens (including phenoxy) is 1. The molecule has 0 saturated carbocycles. The summed E-state index contributed by atoms with van der Waals surface area (Å²) in [5, 5.41) is 32.1. The van der Waals surface area contributed by atoms with E-state index < -0.39 is 40.4 Å². The molecule has 2 aromatic rings. The molecule has 2 N–H and O–H groups in total. The van der Waals surface area contributed by atoms with Crippen LogP contribution in [0.1, 0.15) is 31.5 Å². The molecule has 1 aromatic heterocycles. The topological polar surface area (TPSA) is 106 Å². The van der Waals surface area contributed by atoms with Crippen molar-refractivity contribution in [2.45, 2.75) is 37.6 Å². The molecule has 9 heteroatoms. The van der Waals surface area contributed by atoms with Gasteiger partial charge in [-0.25, -0.2) is 13.8 Å². The number of aliphatic hydroxyl groups is 2. The maximum Gasteiger partial charge on any atom is 0.240 e. The number of aromatic nitrogens is 1. The molecule has 1 aliphatic rings. The smallest absolute Gasteiger partial charge is 0.240 e. The van der Waals surface area contributed by atoms with E-state index in [0.717, 1.165) is 12.1 Å². The summed E-state index contributed by atoms with van der Waals surface area (Å²) < 4.78 is 34.0. The maximum atomic E-state index is 15.2. The van der Waals surface area contributed by atoms with Crippen molar-refractivity contribution in [3.05, 3.63) is 63.3 Å². The number of rotatable bonds is 5. The predicted octanol–water partition coefficient (Wildman–Crippen LogP) is 2.51. The first-order valence-electron chi connectivity index (χ1n) is 8.68. The van der Waals surface area contributed by atoms with E-state index in [2.05, 4.69) is 4.98 Å². The van der Waals surface area contributed by atoms with Gasteiger partial charge in [0.15, 0.2) is 11.4 Å². The predicted molar refractivity (Wildman–Crippen MR) is 94.9 cm³/mol. The SMILES string of the molecule is CC(C)(O)c1cc(C2(C[N+](=O)[O-])OCCC2O)nc(-c2ccc(F)cc2)c1F. The average Bonchev–Trinajstić information content (AvgIpc) is 2.95. The summed E-state index contributed by atoms with van der Waals surface area (Å²) in [5.74, 6) is -1.37. The standard InChI is InChI=1S/C19H20F2N2O5/c1-18(2,25)13-9-14(19(10-23(26)27)15(24)7-8-28-19)22-17(16(13)21)11-3-5-12(20)6-4-11/h3-6,9,15,24-25H,7-8,10H2,1-2H3. The quantitative estimate of drug-likeness (QED) is 0.596. The van der Waals surface area contributed by atoms with Crippen molar-refractivity contribution >= 4 is 0 Å². The van der Waals surface area contributed by atoms with Crippen LogP contribution in [0.5, 0.6) is 0 Å². The van der Waals surface area contributed by atoms with Crippen molar-refractivity contribution in [3.8, 4) is 11.3 Å². The average molecular weight is 394 g/mol. The van der Waals surface area contributed by atoms with Crippen LogP contribution in [0.4, 0.5) is 8.78 Å². The Morgan fingerprint density at radius 3 is 2.50 bits per heavy atom. The summed E-state index contributed by atoms with van der Waals surface area (Å²) in [6.07, 6.45) is -1.08. The third kappa shape index (κ3) is 3.60. The highest BCUT2D eigenvalue weighted by molar-refractivity contribution is 5.62. The monoisotopic (exact) mass is 394 g/mol. The van der Waals surface area contributed by atoms with Crippen molar-refractivity contribution in [1.29, 1.82) is 0 Å². The zero-order chi connectivity index (χ0) is 20.7. The minimum atomic E-state index is -1.77. The fourth-order valence-corrected chi connectivity index (χ4v) is 3.34. The number of hydrogen-bond donors (Lipinski definition) is 2. The lowest BCUT2D eigenvalue weighted by molar-refractivity contribution is -0.506. The van der Waals surface area contributed by atoms with E-state index in [-0.39, 0.29) is 35.5 Å². The molecule has 0 bridgehead atoms. The van der Waals surface area contributed by atoms with E-state index in [9.17, 15) is 24.7 Å². The van der Waals surface area contributed by atoms with Crippen LogP contribution >= 0.6 is 0 Å². The second-order valence-electron chi connectivity index (χ2n) is 7.32. The van der Waals surface area contributed by atoms with E-state index in [4.69, 9.17) is 4.74 Å². The van der Waals surface area contributed by atoms with Crippen LogP contribution in [0.15, 0.2) is 30.3 Å². The van der Waals surface area contributed by atoms with Gasteiger partial charge in [-0.2, -0.15) is 0 Å². The molecule has 7 nitrogen and oxygen atoms in total. The van der Waals surface area contributed by atoms with Gasteiger partial charge in [-0.05, 0) is 44.2 Å². The van der Waals surface area contributed by atoms with Gasteiger partial charge in [-0.1, -0.05) is 0 Å². The fourth-order valence-electron chi connectivity index (χ4n) is 3.34. The molecule has 28 heavy (non-hydrogen) atoms. The van der Waals surface area contributed by atoms with Crippen LogP contribution < -0.4 is 0 Å². The number of nitro groups is 1. The first-order valence-corrected chi connectivity index (χ1v) is 8.68. The molecule has 1 aromatic carbocycles. The van der Waals surface area contributed by atoms with Gasteiger partial charge >= 0.3 is 0 Å². The van der Waals surface area contributed by atoms with Crippen molar-refractivity contribution in [2.24, 2.45) is 0 Å². The highest BCUT2D eigenvalue weighted by Gasteiger charge is 2.51. The number of aliphatic hydroxyl groups excluding tert-OH is 1. The highest BCUT2D eigenvalue weighted by atomic mass is 19.1. The molecule has 0 spiro atoms.